The highest BCUT2D eigenvalue weighted by Crippen LogP contribution is 2.28. The van der Waals surface area contributed by atoms with Crippen LogP contribution < -0.4 is 14.9 Å². The Labute approximate surface area is 175 Å². The largest absolute Gasteiger partial charge is 0.493 e. The molecule has 0 aliphatic heterocycles. The van der Waals surface area contributed by atoms with Gasteiger partial charge in [0, 0.05) is 10.5 Å². The quantitative estimate of drug-likeness (QED) is 0.297. The summed E-state index contributed by atoms with van der Waals surface area (Å²) in [7, 11) is 1.58. The number of anilines is 1. The van der Waals surface area contributed by atoms with E-state index in [0.29, 0.717) is 23.9 Å². The molecule has 3 rings (SSSR count). The van der Waals surface area contributed by atoms with Crippen molar-refractivity contribution in [2.75, 3.05) is 12.5 Å². The molecule has 0 aliphatic carbocycles. The summed E-state index contributed by atoms with van der Waals surface area (Å²) in [5.74, 6) is 1.60. The molecule has 8 nitrogen and oxygen atoms in total. The van der Waals surface area contributed by atoms with E-state index in [1.165, 1.54) is 18.3 Å². The Kier molecular flexibility index (Phi) is 6.75. The second-order valence-corrected chi connectivity index (χ2v) is 6.77. The van der Waals surface area contributed by atoms with Gasteiger partial charge in [-0.2, -0.15) is 5.10 Å². The van der Waals surface area contributed by atoms with E-state index >= 15 is 0 Å². The summed E-state index contributed by atoms with van der Waals surface area (Å²) in [6.07, 6.45) is 2.76. The maximum atomic E-state index is 10.6. The molecule has 3 aromatic rings. The second-order valence-electron chi connectivity index (χ2n) is 5.85. The Morgan fingerprint density at radius 1 is 1.17 bits per heavy atom. The number of halogens is 1. The van der Waals surface area contributed by atoms with Gasteiger partial charge in [0.1, 0.15) is 18.6 Å². The van der Waals surface area contributed by atoms with Crippen molar-refractivity contribution in [3.63, 3.8) is 0 Å². The summed E-state index contributed by atoms with van der Waals surface area (Å²) in [5.41, 5.74) is 4.46. The maximum Gasteiger partial charge on any atom is 0.287 e. The number of nitro groups is 1. The zero-order valence-electron chi connectivity index (χ0n) is 15.4. The number of aromatic nitrogens is 1. The lowest BCUT2D eigenvalue weighted by atomic mass is 10.2. The predicted molar refractivity (Wildman–Crippen MR) is 114 cm³/mol. The average molecular weight is 457 g/mol. The lowest BCUT2D eigenvalue weighted by Crippen LogP contribution is -1.99. The molecule has 0 amide bonds. The molecule has 1 aromatic heterocycles. The third-order valence-electron chi connectivity index (χ3n) is 3.85. The van der Waals surface area contributed by atoms with Crippen LogP contribution in [0.3, 0.4) is 0 Å². The van der Waals surface area contributed by atoms with Crippen molar-refractivity contribution in [1.29, 1.82) is 0 Å². The number of nitrogens with one attached hydrogen (secondary N) is 1. The number of benzene rings is 2. The average Bonchev–Trinajstić information content (AvgIpc) is 2.74. The first-order valence-electron chi connectivity index (χ1n) is 8.50. The molecule has 0 saturated carbocycles. The van der Waals surface area contributed by atoms with Crippen LogP contribution in [0.1, 0.15) is 11.1 Å². The zero-order chi connectivity index (χ0) is 20.6. The first-order valence-corrected chi connectivity index (χ1v) is 9.29. The highest BCUT2D eigenvalue weighted by molar-refractivity contribution is 9.10. The van der Waals surface area contributed by atoms with Crippen LogP contribution in [0.2, 0.25) is 0 Å². The SMILES string of the molecule is COc1ccc(/C=N\Nc2ccc([N+](=O)[O-])cn2)cc1OCc1ccc(Br)cc1. The minimum absolute atomic E-state index is 0.0813. The summed E-state index contributed by atoms with van der Waals surface area (Å²) < 4.78 is 12.3. The van der Waals surface area contributed by atoms with E-state index < -0.39 is 4.92 Å². The van der Waals surface area contributed by atoms with Gasteiger partial charge >= 0.3 is 0 Å². The first kappa shape index (κ1) is 20.3. The Balaban J connectivity index is 1.66. The van der Waals surface area contributed by atoms with Gasteiger partial charge in [0.05, 0.1) is 18.2 Å². The van der Waals surface area contributed by atoms with E-state index in [4.69, 9.17) is 9.47 Å². The van der Waals surface area contributed by atoms with Crippen molar-refractivity contribution < 1.29 is 14.4 Å². The minimum atomic E-state index is -0.507. The molecule has 0 saturated heterocycles. The molecule has 29 heavy (non-hydrogen) atoms. The van der Waals surface area contributed by atoms with E-state index in [1.807, 2.05) is 36.4 Å². The molecule has 0 aliphatic rings. The third kappa shape index (κ3) is 5.76. The molecule has 0 atom stereocenters. The van der Waals surface area contributed by atoms with E-state index in [9.17, 15) is 10.1 Å². The van der Waals surface area contributed by atoms with Crippen LogP contribution in [0.25, 0.3) is 0 Å². The summed E-state index contributed by atoms with van der Waals surface area (Å²) in [4.78, 5) is 14.1. The standard InChI is InChI=1S/C20H17BrN4O4/c1-28-18-8-4-15(10-19(18)29-13-14-2-5-16(21)6-3-14)11-23-24-20-9-7-17(12-22-20)25(26)27/h2-12H,13H2,1H3,(H,22,24)/b23-11-. The van der Waals surface area contributed by atoms with Crippen molar-refractivity contribution in [3.8, 4) is 11.5 Å². The van der Waals surface area contributed by atoms with Gasteiger partial charge in [0.2, 0.25) is 0 Å². The fraction of sp³-hybridized carbons (Fsp3) is 0.100. The van der Waals surface area contributed by atoms with Crippen LogP contribution in [0.15, 0.2) is 70.4 Å². The first-order chi connectivity index (χ1) is 14.0. The van der Waals surface area contributed by atoms with Crippen molar-refractivity contribution >= 4 is 33.6 Å². The molecule has 0 bridgehead atoms. The van der Waals surface area contributed by atoms with Gasteiger partial charge in [-0.25, -0.2) is 4.98 Å². The lowest BCUT2D eigenvalue weighted by molar-refractivity contribution is -0.385. The van der Waals surface area contributed by atoms with Crippen LogP contribution in [-0.2, 0) is 6.61 Å². The fourth-order valence-corrected chi connectivity index (χ4v) is 2.63. The number of hydrogen-bond donors (Lipinski definition) is 1. The molecule has 0 unspecified atom stereocenters. The van der Waals surface area contributed by atoms with Crippen molar-refractivity contribution in [1.82, 2.24) is 4.98 Å². The normalized spacial score (nSPS) is 10.7. The van der Waals surface area contributed by atoms with Gasteiger partial charge in [0.25, 0.3) is 5.69 Å². The smallest absolute Gasteiger partial charge is 0.287 e. The highest BCUT2D eigenvalue weighted by atomic mass is 79.9. The number of ether oxygens (including phenoxy) is 2. The zero-order valence-corrected chi connectivity index (χ0v) is 17.0. The van der Waals surface area contributed by atoms with Crippen molar-refractivity contribution in [2.24, 2.45) is 5.10 Å². The summed E-state index contributed by atoms with van der Waals surface area (Å²) in [5, 5.41) is 14.7. The monoisotopic (exact) mass is 456 g/mol. The molecule has 0 spiro atoms. The van der Waals surface area contributed by atoms with Crippen LogP contribution >= 0.6 is 15.9 Å². The van der Waals surface area contributed by atoms with Crippen LogP contribution in [0, 0.1) is 10.1 Å². The van der Waals surface area contributed by atoms with Crippen LogP contribution in [0.4, 0.5) is 11.5 Å². The summed E-state index contributed by atoms with van der Waals surface area (Å²) in [6.45, 7) is 0.398. The van der Waals surface area contributed by atoms with Gasteiger partial charge in [-0.1, -0.05) is 28.1 Å². The number of hydrogen-bond acceptors (Lipinski definition) is 7. The Hall–Kier alpha value is -3.46. The molecule has 0 radical (unpaired) electrons. The van der Waals surface area contributed by atoms with Gasteiger partial charge in [-0.15, -0.1) is 0 Å². The van der Waals surface area contributed by atoms with Gasteiger partial charge < -0.3 is 9.47 Å². The molecule has 1 N–H and O–H groups in total. The van der Waals surface area contributed by atoms with E-state index in [1.54, 1.807) is 19.4 Å². The number of pyridine rings is 1. The van der Waals surface area contributed by atoms with Gasteiger partial charge in [-0.3, -0.25) is 15.5 Å². The van der Waals surface area contributed by atoms with Crippen molar-refractivity contribution in [3.05, 3.63) is 86.5 Å². The minimum Gasteiger partial charge on any atom is -0.493 e. The maximum absolute atomic E-state index is 10.6. The Morgan fingerprint density at radius 2 is 1.97 bits per heavy atom. The predicted octanol–water partition coefficient (Wildman–Crippen LogP) is 4.79. The molecular weight excluding hydrogens is 440 g/mol. The highest BCUT2D eigenvalue weighted by Gasteiger charge is 2.07. The molecule has 9 heteroatoms. The molecule has 2 aromatic carbocycles. The molecule has 1 heterocycles. The van der Waals surface area contributed by atoms with E-state index in [-0.39, 0.29) is 5.69 Å². The molecular formula is C20H17BrN4O4. The summed E-state index contributed by atoms with van der Waals surface area (Å²) in [6, 6.07) is 16.1. The summed E-state index contributed by atoms with van der Waals surface area (Å²) >= 11 is 3.41. The lowest BCUT2D eigenvalue weighted by Gasteiger charge is -2.11. The molecule has 0 fully saturated rings. The van der Waals surface area contributed by atoms with Crippen LogP contribution in [0.5, 0.6) is 11.5 Å². The Morgan fingerprint density at radius 3 is 2.62 bits per heavy atom. The number of rotatable bonds is 8. The van der Waals surface area contributed by atoms with E-state index in [0.717, 1.165) is 15.6 Å². The van der Waals surface area contributed by atoms with Crippen LogP contribution in [-0.4, -0.2) is 23.2 Å². The van der Waals surface area contributed by atoms with E-state index in [2.05, 4.69) is 31.4 Å². The number of hydrazone groups is 1. The topological polar surface area (TPSA) is 98.9 Å². The van der Waals surface area contributed by atoms with Gasteiger partial charge in [-0.05, 0) is 47.5 Å². The fourth-order valence-electron chi connectivity index (χ4n) is 2.36. The molecule has 148 valence electrons. The second kappa shape index (κ2) is 9.65. The number of nitrogens with zero attached hydrogens (tertiary/aromatic N) is 3. The third-order valence-corrected chi connectivity index (χ3v) is 4.38. The number of methoxy groups -OCH3 is 1. The van der Waals surface area contributed by atoms with Gasteiger partial charge in [0.15, 0.2) is 11.5 Å². The Bertz CT molecular complexity index is 1010. The van der Waals surface area contributed by atoms with Crippen molar-refractivity contribution in [2.45, 2.75) is 6.61 Å².